The minimum absolute atomic E-state index is 0. The molecular formula is C19H28Cl2Zr-2. The SMILES string of the molecule is CC(C)(C)C1=CC=[C-]C1.CC(C)(C)C1=CC[C-]=C1.[CH2]=[Zr+2].[Cl-].[Cl-]. The molecule has 0 saturated carbocycles. The molecule has 3 heteroatoms. The van der Waals surface area contributed by atoms with Gasteiger partial charge in [-0.25, -0.2) is 18.2 Å². The van der Waals surface area contributed by atoms with Gasteiger partial charge < -0.3 is 24.8 Å². The molecule has 0 unspecified atom stereocenters. The van der Waals surface area contributed by atoms with Gasteiger partial charge in [0, 0.05) is 0 Å². The van der Waals surface area contributed by atoms with Crippen molar-refractivity contribution in [2.45, 2.75) is 54.4 Å². The van der Waals surface area contributed by atoms with Crippen LogP contribution in [0.3, 0.4) is 0 Å². The predicted molar refractivity (Wildman–Crippen MR) is 87.1 cm³/mol. The molecule has 0 spiro atoms. The molecular weight excluding hydrogens is 390 g/mol. The molecule has 0 aromatic heterocycles. The van der Waals surface area contributed by atoms with Gasteiger partial charge in [0.05, 0.1) is 0 Å². The second-order valence-corrected chi connectivity index (χ2v) is 6.95. The summed E-state index contributed by atoms with van der Waals surface area (Å²) >= 11 is 1.30. The summed E-state index contributed by atoms with van der Waals surface area (Å²) < 4.78 is 3.34. The van der Waals surface area contributed by atoms with Crippen molar-refractivity contribution in [3.05, 3.63) is 47.6 Å². The summed E-state index contributed by atoms with van der Waals surface area (Å²) in [5.74, 6) is 0. The number of allylic oxidation sites excluding steroid dienone is 8. The maximum absolute atomic E-state index is 3.34. The van der Waals surface area contributed by atoms with Crippen LogP contribution in [0.5, 0.6) is 0 Å². The Balaban J connectivity index is -0.000000273. The Morgan fingerprint density at radius 1 is 0.955 bits per heavy atom. The van der Waals surface area contributed by atoms with Crippen molar-refractivity contribution < 1.29 is 49.0 Å². The molecule has 0 amide bonds. The molecule has 0 heterocycles. The molecule has 124 valence electrons. The molecule has 2 aliphatic rings. The van der Waals surface area contributed by atoms with Gasteiger partial charge in [-0.3, -0.25) is 12.2 Å². The molecule has 0 atom stereocenters. The fraction of sp³-hybridized carbons (Fsp3) is 0.526. The van der Waals surface area contributed by atoms with E-state index in [0.717, 1.165) is 12.8 Å². The molecule has 2 aliphatic carbocycles. The first-order valence-corrected chi connectivity index (χ1v) is 8.84. The molecule has 0 bridgehead atoms. The summed E-state index contributed by atoms with van der Waals surface area (Å²) in [5.41, 5.74) is 3.58. The summed E-state index contributed by atoms with van der Waals surface area (Å²) in [6, 6.07) is 0. The zero-order valence-corrected chi connectivity index (χ0v) is 18.7. The van der Waals surface area contributed by atoms with Crippen LogP contribution < -0.4 is 24.8 Å². The van der Waals surface area contributed by atoms with Crippen molar-refractivity contribution in [1.29, 1.82) is 0 Å². The Morgan fingerprint density at radius 3 is 1.68 bits per heavy atom. The molecule has 0 saturated heterocycles. The van der Waals surface area contributed by atoms with Crippen LogP contribution in [-0.2, 0) is 24.2 Å². The third-order valence-corrected chi connectivity index (χ3v) is 3.22. The molecule has 0 aromatic carbocycles. The summed E-state index contributed by atoms with van der Waals surface area (Å²) in [4.78, 5) is 0. The van der Waals surface area contributed by atoms with Crippen LogP contribution >= 0.6 is 0 Å². The second kappa shape index (κ2) is 12.7. The van der Waals surface area contributed by atoms with Gasteiger partial charge in [-0.2, -0.15) is 17.2 Å². The van der Waals surface area contributed by atoms with Crippen LogP contribution in [0.2, 0.25) is 0 Å². The van der Waals surface area contributed by atoms with E-state index in [2.05, 4.69) is 76.1 Å². The van der Waals surface area contributed by atoms with Gasteiger partial charge in [-0.1, -0.05) is 47.0 Å². The van der Waals surface area contributed by atoms with Crippen LogP contribution in [0.4, 0.5) is 0 Å². The largest absolute Gasteiger partial charge is 1.00 e. The van der Waals surface area contributed by atoms with E-state index in [1.807, 2.05) is 6.08 Å². The van der Waals surface area contributed by atoms with E-state index in [-0.39, 0.29) is 24.8 Å². The van der Waals surface area contributed by atoms with E-state index < -0.39 is 0 Å². The monoisotopic (exact) mass is 416 g/mol. The van der Waals surface area contributed by atoms with Crippen molar-refractivity contribution in [3.63, 3.8) is 0 Å². The molecule has 0 radical (unpaired) electrons. The number of hydrogen-bond donors (Lipinski definition) is 0. The van der Waals surface area contributed by atoms with Gasteiger partial charge in [0.2, 0.25) is 0 Å². The van der Waals surface area contributed by atoms with Gasteiger partial charge in [-0.05, 0) is 5.41 Å². The number of halogens is 2. The molecule has 0 aliphatic heterocycles. The molecule has 0 aromatic rings. The molecule has 0 N–H and O–H groups in total. The van der Waals surface area contributed by atoms with Crippen LogP contribution in [-0.4, -0.2) is 4.21 Å². The van der Waals surface area contributed by atoms with E-state index in [1.54, 1.807) is 0 Å². The fourth-order valence-corrected chi connectivity index (χ4v) is 1.82. The standard InChI is InChI=1S/2C9H13.CH2.2ClH.Zr/c2*1-9(2,3)8-6-4-5-7-8;;;;/h6-7H,4H2,1-3H3;4,6H,7H2,1-3H3;1H2;2*1H;/q2*-1;;;;+2/p-2. The van der Waals surface area contributed by atoms with Gasteiger partial charge in [0.1, 0.15) is 0 Å². The molecule has 22 heavy (non-hydrogen) atoms. The third-order valence-electron chi connectivity index (χ3n) is 3.22. The zero-order chi connectivity index (χ0) is 15.8. The first-order valence-electron chi connectivity index (χ1n) is 7.10. The molecule has 0 fully saturated rings. The van der Waals surface area contributed by atoms with Crippen molar-refractivity contribution in [3.8, 4) is 0 Å². The van der Waals surface area contributed by atoms with Crippen molar-refractivity contribution in [2.75, 3.05) is 0 Å². The zero-order valence-electron chi connectivity index (χ0n) is 14.7. The maximum Gasteiger partial charge on any atom is -1.00 e. The van der Waals surface area contributed by atoms with Gasteiger partial charge in [0.15, 0.2) is 0 Å². The smallest absolute Gasteiger partial charge is 1.00 e. The Morgan fingerprint density at radius 2 is 1.50 bits per heavy atom. The van der Waals surface area contributed by atoms with Gasteiger partial charge >= 0.3 is 28.4 Å². The van der Waals surface area contributed by atoms with E-state index in [4.69, 9.17) is 0 Å². The van der Waals surface area contributed by atoms with Crippen LogP contribution in [0, 0.1) is 23.0 Å². The van der Waals surface area contributed by atoms with Crippen LogP contribution in [0.15, 0.2) is 35.5 Å². The van der Waals surface area contributed by atoms with E-state index in [0.29, 0.717) is 10.8 Å². The van der Waals surface area contributed by atoms with E-state index in [1.165, 1.54) is 35.4 Å². The average molecular weight is 419 g/mol. The maximum atomic E-state index is 3.34. The summed E-state index contributed by atoms with van der Waals surface area (Å²) in [5, 5.41) is 0. The van der Waals surface area contributed by atoms with Gasteiger partial charge in [-0.15, -0.1) is 12.8 Å². The topological polar surface area (TPSA) is 0 Å². The van der Waals surface area contributed by atoms with Crippen LogP contribution in [0.1, 0.15) is 54.4 Å². The predicted octanol–water partition coefficient (Wildman–Crippen LogP) is -0.583. The number of hydrogen-bond acceptors (Lipinski definition) is 0. The Kier molecular flexibility index (Phi) is 15.7. The summed E-state index contributed by atoms with van der Waals surface area (Å²) in [6.07, 6.45) is 16.9. The summed E-state index contributed by atoms with van der Waals surface area (Å²) in [7, 11) is 0. The summed E-state index contributed by atoms with van der Waals surface area (Å²) in [6.45, 7) is 13.4. The first-order chi connectivity index (χ1) is 9.21. The van der Waals surface area contributed by atoms with Crippen LogP contribution in [0.25, 0.3) is 0 Å². The second-order valence-electron chi connectivity index (χ2n) is 6.95. The molecule has 0 nitrogen and oxygen atoms in total. The Labute approximate surface area is 165 Å². The quantitative estimate of drug-likeness (QED) is 0.462. The van der Waals surface area contributed by atoms with E-state index in [9.17, 15) is 0 Å². The molecule has 2 rings (SSSR count). The van der Waals surface area contributed by atoms with Crippen molar-refractivity contribution >= 4 is 4.21 Å². The first kappa shape index (κ1) is 27.2. The normalized spacial score (nSPS) is 15.3. The number of rotatable bonds is 0. The minimum atomic E-state index is 0. The fourth-order valence-electron chi connectivity index (χ4n) is 1.82. The van der Waals surface area contributed by atoms with Crippen molar-refractivity contribution in [2.24, 2.45) is 10.8 Å². The Bertz CT molecular complexity index is 416. The van der Waals surface area contributed by atoms with Crippen molar-refractivity contribution in [1.82, 2.24) is 0 Å². The average Bonchev–Trinajstić information content (AvgIpc) is 3.04. The van der Waals surface area contributed by atoms with E-state index >= 15 is 0 Å². The van der Waals surface area contributed by atoms with Gasteiger partial charge in [0.25, 0.3) is 0 Å². The third kappa shape index (κ3) is 10.9. The Hall–Kier alpha value is 0.293. The minimum Gasteiger partial charge on any atom is -1.00 e.